The average molecular weight is 478 g/mol. The third-order valence-electron chi connectivity index (χ3n) is 5.29. The molecule has 1 aliphatic rings. The summed E-state index contributed by atoms with van der Waals surface area (Å²) < 4.78 is 67.1. The minimum absolute atomic E-state index is 0.00983. The van der Waals surface area contributed by atoms with Gasteiger partial charge in [0.15, 0.2) is 5.01 Å². The van der Waals surface area contributed by atoms with Gasteiger partial charge in [0.2, 0.25) is 0 Å². The summed E-state index contributed by atoms with van der Waals surface area (Å²) in [5.74, 6) is -1.47. The van der Waals surface area contributed by atoms with Crippen LogP contribution < -0.4 is 10.6 Å². The van der Waals surface area contributed by atoms with E-state index in [1.54, 1.807) is 6.92 Å². The summed E-state index contributed by atoms with van der Waals surface area (Å²) in [6.45, 7) is 4.65. The molecule has 0 radical (unpaired) electrons. The number of hydrogen-bond acceptors (Lipinski definition) is 6. The van der Waals surface area contributed by atoms with Crippen molar-refractivity contribution in [3.05, 3.63) is 29.0 Å². The summed E-state index contributed by atoms with van der Waals surface area (Å²) in [5.41, 5.74) is -1.72. The second kappa shape index (κ2) is 8.89. The van der Waals surface area contributed by atoms with Gasteiger partial charge in [0.1, 0.15) is 11.9 Å². The Hall–Kier alpha value is -2.34. The topological polar surface area (TPSA) is 87.1 Å². The number of nitrogens with zero attached hydrogens (tertiary/aromatic N) is 2. The Morgan fingerprint density at radius 1 is 1.22 bits per heavy atom. The van der Waals surface area contributed by atoms with Gasteiger partial charge < -0.3 is 15.7 Å². The zero-order chi connectivity index (χ0) is 23.8. The Morgan fingerprint density at radius 3 is 2.41 bits per heavy atom. The van der Waals surface area contributed by atoms with E-state index in [0.717, 1.165) is 23.6 Å². The van der Waals surface area contributed by atoms with Crippen molar-refractivity contribution in [1.29, 1.82) is 0 Å². The van der Waals surface area contributed by atoms with E-state index in [1.165, 1.54) is 20.0 Å². The summed E-state index contributed by atoms with van der Waals surface area (Å²) in [6.07, 6.45) is -4.39. The molecule has 1 amide bonds. The van der Waals surface area contributed by atoms with Gasteiger partial charge in [0.25, 0.3) is 12.3 Å². The van der Waals surface area contributed by atoms with Crippen LogP contribution in [0.2, 0.25) is 0 Å². The number of carbonyl (C=O) groups is 1. The van der Waals surface area contributed by atoms with Crippen LogP contribution in [-0.4, -0.2) is 44.8 Å². The quantitative estimate of drug-likeness (QED) is 0.475. The molecule has 0 saturated heterocycles. The lowest BCUT2D eigenvalue weighted by Gasteiger charge is -2.26. The number of aromatic nitrogens is 2. The maximum atomic E-state index is 13.7. The fourth-order valence-corrected chi connectivity index (χ4v) is 3.78. The summed E-state index contributed by atoms with van der Waals surface area (Å²) in [4.78, 5) is 20.4. The van der Waals surface area contributed by atoms with Gasteiger partial charge in [-0.2, -0.15) is 13.2 Å². The van der Waals surface area contributed by atoms with Gasteiger partial charge in [-0.25, -0.2) is 18.7 Å². The highest BCUT2D eigenvalue weighted by Gasteiger charge is 2.49. The van der Waals surface area contributed by atoms with Crippen LogP contribution in [0.25, 0.3) is 10.4 Å². The van der Waals surface area contributed by atoms with E-state index in [2.05, 4.69) is 20.6 Å². The highest BCUT2D eigenvalue weighted by molar-refractivity contribution is 7.17. The number of thiazole rings is 1. The van der Waals surface area contributed by atoms with E-state index in [1.807, 2.05) is 0 Å². The van der Waals surface area contributed by atoms with Crippen molar-refractivity contribution in [2.45, 2.75) is 63.9 Å². The molecule has 32 heavy (non-hydrogen) atoms. The van der Waals surface area contributed by atoms with Crippen LogP contribution in [-0.2, 0) is 0 Å². The number of anilines is 1. The SMILES string of the molecule is C[C@@H](NC(=O)c1ncc(-c2cnc(N[C@@H](C3CC3)C(F)(F)F)cc2C(F)F)s1)C(C)(C)O. The molecule has 2 atom stereocenters. The van der Waals surface area contributed by atoms with E-state index >= 15 is 0 Å². The third-order valence-corrected chi connectivity index (χ3v) is 6.32. The Morgan fingerprint density at radius 2 is 1.88 bits per heavy atom. The normalized spacial score (nSPS) is 16.7. The second-order valence-corrected chi connectivity index (χ2v) is 9.37. The van der Waals surface area contributed by atoms with E-state index in [-0.39, 0.29) is 21.3 Å². The van der Waals surface area contributed by atoms with Crippen LogP contribution in [0.3, 0.4) is 0 Å². The molecule has 0 bridgehead atoms. The van der Waals surface area contributed by atoms with Crippen molar-refractivity contribution in [2.75, 3.05) is 5.32 Å². The van der Waals surface area contributed by atoms with Crippen LogP contribution in [0.15, 0.2) is 18.5 Å². The van der Waals surface area contributed by atoms with Crippen LogP contribution in [0.4, 0.5) is 27.8 Å². The molecule has 176 valence electrons. The molecular weight excluding hydrogens is 455 g/mol. The molecule has 1 aliphatic carbocycles. The molecule has 3 rings (SSSR count). The number of alkyl halides is 5. The number of hydrogen-bond donors (Lipinski definition) is 3. The number of halogens is 5. The fraction of sp³-hybridized carbons (Fsp3) is 0.550. The first-order valence-corrected chi connectivity index (χ1v) is 10.7. The largest absolute Gasteiger partial charge is 0.408 e. The number of carbonyl (C=O) groups excluding carboxylic acids is 1. The highest BCUT2D eigenvalue weighted by atomic mass is 32.1. The number of aliphatic hydroxyl groups is 1. The van der Waals surface area contributed by atoms with Crippen molar-refractivity contribution in [1.82, 2.24) is 15.3 Å². The van der Waals surface area contributed by atoms with Gasteiger partial charge >= 0.3 is 6.18 Å². The first-order valence-electron chi connectivity index (χ1n) is 9.88. The predicted molar refractivity (Wildman–Crippen MR) is 110 cm³/mol. The molecule has 0 aromatic carbocycles. The van der Waals surface area contributed by atoms with Gasteiger partial charge in [-0.05, 0) is 45.6 Å². The van der Waals surface area contributed by atoms with Gasteiger partial charge in [0, 0.05) is 23.5 Å². The first-order chi connectivity index (χ1) is 14.8. The molecule has 12 heteroatoms. The van der Waals surface area contributed by atoms with Crippen molar-refractivity contribution in [3.8, 4) is 10.4 Å². The Kier molecular flexibility index (Phi) is 6.75. The van der Waals surface area contributed by atoms with Crippen molar-refractivity contribution in [3.63, 3.8) is 0 Å². The summed E-state index contributed by atoms with van der Waals surface area (Å²) in [7, 11) is 0. The van der Waals surface area contributed by atoms with Crippen molar-refractivity contribution < 1.29 is 31.9 Å². The zero-order valence-electron chi connectivity index (χ0n) is 17.5. The number of nitrogens with one attached hydrogen (secondary N) is 2. The highest BCUT2D eigenvalue weighted by Crippen LogP contribution is 2.42. The zero-order valence-corrected chi connectivity index (χ0v) is 18.3. The Bertz CT molecular complexity index is 970. The van der Waals surface area contributed by atoms with Crippen molar-refractivity contribution in [2.24, 2.45) is 5.92 Å². The lowest BCUT2D eigenvalue weighted by molar-refractivity contribution is -0.146. The smallest absolute Gasteiger partial charge is 0.388 e. The van der Waals surface area contributed by atoms with Crippen LogP contribution in [0.1, 0.15) is 55.4 Å². The molecule has 2 aromatic rings. The molecule has 6 nitrogen and oxygen atoms in total. The number of rotatable bonds is 8. The molecule has 3 N–H and O–H groups in total. The maximum Gasteiger partial charge on any atom is 0.408 e. The molecule has 1 saturated carbocycles. The number of amides is 1. The van der Waals surface area contributed by atoms with E-state index in [9.17, 15) is 31.9 Å². The molecule has 0 unspecified atom stereocenters. The van der Waals surface area contributed by atoms with E-state index in [0.29, 0.717) is 12.8 Å². The monoisotopic (exact) mass is 478 g/mol. The van der Waals surface area contributed by atoms with E-state index in [4.69, 9.17) is 0 Å². The van der Waals surface area contributed by atoms with E-state index < -0.39 is 47.7 Å². The van der Waals surface area contributed by atoms with Gasteiger partial charge in [-0.15, -0.1) is 11.3 Å². The second-order valence-electron chi connectivity index (χ2n) is 8.34. The molecular formula is C20H23F5N4O2S. The maximum absolute atomic E-state index is 13.7. The summed E-state index contributed by atoms with van der Waals surface area (Å²) in [5, 5.41) is 14.8. The summed E-state index contributed by atoms with van der Waals surface area (Å²) in [6, 6.07) is -1.54. The molecule has 1 fully saturated rings. The standard InChI is InChI=1S/C20H23F5N4O2S/c1-9(19(2,3)31)28-17(30)18-27-8-13(32-18)12-7-26-14(6-11(12)16(21)22)29-15(10-4-5-10)20(23,24)25/h6-10,15-16,31H,4-5H2,1-3H3,(H,26,29)(H,28,30)/t9-,15+/m1/s1. The Labute approximate surface area is 185 Å². The van der Waals surface area contributed by atoms with Gasteiger partial charge in [-0.1, -0.05) is 0 Å². The van der Waals surface area contributed by atoms with Crippen LogP contribution >= 0.6 is 11.3 Å². The molecule has 0 spiro atoms. The third kappa shape index (κ3) is 5.71. The predicted octanol–water partition coefficient (Wildman–Crippen LogP) is 4.78. The number of pyridine rings is 1. The van der Waals surface area contributed by atoms with Gasteiger partial charge in [0.05, 0.1) is 16.5 Å². The summed E-state index contributed by atoms with van der Waals surface area (Å²) >= 11 is 0.839. The van der Waals surface area contributed by atoms with Crippen LogP contribution in [0, 0.1) is 5.92 Å². The van der Waals surface area contributed by atoms with Gasteiger partial charge in [-0.3, -0.25) is 4.79 Å². The first kappa shape index (κ1) is 24.3. The lowest BCUT2D eigenvalue weighted by atomic mass is 10.0. The van der Waals surface area contributed by atoms with Crippen LogP contribution in [0.5, 0.6) is 0 Å². The van der Waals surface area contributed by atoms with Crippen molar-refractivity contribution >= 4 is 23.1 Å². The minimum Gasteiger partial charge on any atom is -0.388 e. The average Bonchev–Trinajstić information content (AvgIpc) is 3.39. The molecule has 0 aliphatic heterocycles. The fourth-order valence-electron chi connectivity index (χ4n) is 2.93. The molecule has 2 aromatic heterocycles. The molecule has 2 heterocycles. The Balaban J connectivity index is 1.83. The lowest BCUT2D eigenvalue weighted by Crippen LogP contribution is -2.47. The minimum atomic E-state index is -4.52.